The first-order valence-electron chi connectivity index (χ1n) is 7.68. The summed E-state index contributed by atoms with van der Waals surface area (Å²) in [4.78, 5) is 0.122. The van der Waals surface area contributed by atoms with E-state index in [1.54, 1.807) is 33.2 Å². The summed E-state index contributed by atoms with van der Waals surface area (Å²) in [5.41, 5.74) is 1.78. The second kappa shape index (κ2) is 6.94. The Kier molecular flexibility index (Phi) is 5.01. The number of rotatable bonds is 5. The molecule has 7 nitrogen and oxygen atoms in total. The van der Waals surface area contributed by atoms with Gasteiger partial charge in [-0.05, 0) is 25.5 Å². The Labute approximate surface area is 161 Å². The number of anilines is 1. The van der Waals surface area contributed by atoms with E-state index in [-0.39, 0.29) is 15.7 Å². The Bertz CT molecular complexity index is 1070. The molecule has 2 aromatic heterocycles. The Morgan fingerprint density at radius 1 is 1.12 bits per heavy atom. The van der Waals surface area contributed by atoms with Gasteiger partial charge in [0.1, 0.15) is 9.92 Å². The topological polar surface area (TPSA) is 81.8 Å². The van der Waals surface area contributed by atoms with Crippen LogP contribution in [0.25, 0.3) is 0 Å². The number of nitrogens with one attached hydrogen (secondary N) is 1. The van der Waals surface area contributed by atoms with Crippen molar-refractivity contribution in [2.24, 2.45) is 7.05 Å². The van der Waals surface area contributed by atoms with Gasteiger partial charge in [0.25, 0.3) is 10.0 Å². The van der Waals surface area contributed by atoms with E-state index in [1.807, 2.05) is 18.2 Å². The highest BCUT2D eigenvalue weighted by atomic mass is 35.5. The first-order chi connectivity index (χ1) is 12.2. The van der Waals surface area contributed by atoms with Crippen LogP contribution in [-0.4, -0.2) is 28.0 Å². The first-order valence-corrected chi connectivity index (χ1v) is 9.92. The number of sulfonamides is 1. The first kappa shape index (κ1) is 18.8. The summed E-state index contributed by atoms with van der Waals surface area (Å²) in [5, 5.41) is 9.16. The molecule has 0 amide bonds. The smallest absolute Gasteiger partial charge is 0.266 e. The monoisotopic (exact) mass is 413 g/mol. The van der Waals surface area contributed by atoms with Crippen LogP contribution in [0.3, 0.4) is 0 Å². The van der Waals surface area contributed by atoms with Gasteiger partial charge in [-0.2, -0.15) is 10.2 Å². The predicted octanol–water partition coefficient (Wildman–Crippen LogP) is 3.39. The van der Waals surface area contributed by atoms with Gasteiger partial charge in [-0.1, -0.05) is 41.4 Å². The molecule has 26 heavy (non-hydrogen) atoms. The minimum absolute atomic E-state index is 0.0568. The van der Waals surface area contributed by atoms with Crippen molar-refractivity contribution in [3.63, 3.8) is 0 Å². The molecule has 0 unspecified atom stereocenters. The summed E-state index contributed by atoms with van der Waals surface area (Å²) < 4.78 is 31.0. The fourth-order valence-electron chi connectivity index (χ4n) is 2.67. The minimum atomic E-state index is -3.86. The lowest BCUT2D eigenvalue weighted by atomic mass is 10.2. The molecule has 1 aromatic carbocycles. The maximum atomic E-state index is 12.7. The lowest BCUT2D eigenvalue weighted by molar-refractivity contribution is 0.599. The SMILES string of the molecule is Cc1nn(C)c(C)c1S(=O)(=O)Nc1nn(Cc2ccccc2Cl)cc1Cl. The van der Waals surface area contributed by atoms with Crippen molar-refractivity contribution in [3.8, 4) is 0 Å². The molecule has 2 heterocycles. The second-order valence-corrected chi connectivity index (χ2v) is 8.28. The summed E-state index contributed by atoms with van der Waals surface area (Å²) in [7, 11) is -2.18. The van der Waals surface area contributed by atoms with Crippen molar-refractivity contribution in [2.45, 2.75) is 25.3 Å². The Balaban J connectivity index is 1.89. The molecule has 3 aromatic rings. The summed E-state index contributed by atoms with van der Waals surface area (Å²) >= 11 is 12.3. The van der Waals surface area contributed by atoms with Crippen LogP contribution in [0.15, 0.2) is 35.4 Å². The second-order valence-electron chi connectivity index (χ2n) is 5.84. The van der Waals surface area contributed by atoms with E-state index in [0.29, 0.717) is 23.0 Å². The molecule has 0 saturated heterocycles. The quantitative estimate of drug-likeness (QED) is 0.694. The third-order valence-corrected chi connectivity index (χ3v) is 6.19. The van der Waals surface area contributed by atoms with Gasteiger partial charge in [-0.3, -0.25) is 14.1 Å². The lowest BCUT2D eigenvalue weighted by Gasteiger charge is -2.07. The number of hydrogen-bond donors (Lipinski definition) is 1. The van der Waals surface area contributed by atoms with Crippen LogP contribution in [0, 0.1) is 13.8 Å². The number of aryl methyl sites for hydroxylation is 2. The Morgan fingerprint density at radius 3 is 2.42 bits per heavy atom. The molecule has 0 aliphatic heterocycles. The average Bonchev–Trinajstić information content (AvgIpc) is 3.00. The highest BCUT2D eigenvalue weighted by Gasteiger charge is 2.25. The molecule has 0 aliphatic rings. The minimum Gasteiger partial charge on any atom is -0.271 e. The normalized spacial score (nSPS) is 11.7. The molecule has 138 valence electrons. The van der Waals surface area contributed by atoms with E-state index in [2.05, 4.69) is 14.9 Å². The van der Waals surface area contributed by atoms with Gasteiger partial charge in [0, 0.05) is 18.3 Å². The van der Waals surface area contributed by atoms with E-state index in [1.165, 1.54) is 9.36 Å². The Hall–Kier alpha value is -2.03. The molecular weight excluding hydrogens is 397 g/mol. The number of benzene rings is 1. The number of nitrogens with zero attached hydrogens (tertiary/aromatic N) is 4. The van der Waals surface area contributed by atoms with Crippen molar-refractivity contribution in [3.05, 3.63) is 57.5 Å². The van der Waals surface area contributed by atoms with Gasteiger partial charge >= 0.3 is 0 Å². The van der Waals surface area contributed by atoms with E-state index < -0.39 is 10.0 Å². The van der Waals surface area contributed by atoms with Gasteiger partial charge in [-0.25, -0.2) is 8.42 Å². The highest BCUT2D eigenvalue weighted by molar-refractivity contribution is 7.92. The molecule has 1 N–H and O–H groups in total. The van der Waals surface area contributed by atoms with Gasteiger partial charge in [0.2, 0.25) is 0 Å². The molecule has 0 bridgehead atoms. The largest absolute Gasteiger partial charge is 0.271 e. The van der Waals surface area contributed by atoms with Crippen molar-refractivity contribution in [1.29, 1.82) is 0 Å². The molecule has 0 spiro atoms. The molecule has 0 fully saturated rings. The third kappa shape index (κ3) is 3.58. The predicted molar refractivity (Wildman–Crippen MR) is 101 cm³/mol. The summed E-state index contributed by atoms with van der Waals surface area (Å²) in [6.45, 7) is 3.69. The zero-order valence-electron chi connectivity index (χ0n) is 14.4. The van der Waals surface area contributed by atoms with E-state index >= 15 is 0 Å². The van der Waals surface area contributed by atoms with Crippen LogP contribution < -0.4 is 4.72 Å². The number of aromatic nitrogens is 4. The third-order valence-electron chi connectivity index (χ3n) is 3.95. The van der Waals surface area contributed by atoms with Crippen molar-refractivity contribution < 1.29 is 8.42 Å². The van der Waals surface area contributed by atoms with E-state index in [0.717, 1.165) is 5.56 Å². The van der Waals surface area contributed by atoms with Crippen LogP contribution in [0.1, 0.15) is 17.0 Å². The number of halogens is 2. The lowest BCUT2D eigenvalue weighted by Crippen LogP contribution is -2.16. The summed E-state index contributed by atoms with van der Waals surface area (Å²) in [6.07, 6.45) is 1.55. The molecule has 0 aliphatic carbocycles. The van der Waals surface area contributed by atoms with Crippen LogP contribution in [-0.2, 0) is 23.6 Å². The van der Waals surface area contributed by atoms with E-state index in [9.17, 15) is 8.42 Å². The number of hydrogen-bond acceptors (Lipinski definition) is 4. The zero-order chi connectivity index (χ0) is 19.1. The molecule has 0 radical (unpaired) electrons. The average molecular weight is 414 g/mol. The van der Waals surface area contributed by atoms with Crippen molar-refractivity contribution >= 4 is 39.0 Å². The molecule has 3 rings (SSSR count). The van der Waals surface area contributed by atoms with Crippen molar-refractivity contribution in [2.75, 3.05) is 4.72 Å². The van der Waals surface area contributed by atoms with Crippen LogP contribution in [0.4, 0.5) is 5.82 Å². The van der Waals surface area contributed by atoms with Gasteiger partial charge in [0.05, 0.1) is 17.9 Å². The fourth-order valence-corrected chi connectivity index (χ4v) is 4.58. The molecule has 0 saturated carbocycles. The van der Waals surface area contributed by atoms with Gasteiger partial charge in [0.15, 0.2) is 5.82 Å². The van der Waals surface area contributed by atoms with E-state index in [4.69, 9.17) is 23.2 Å². The van der Waals surface area contributed by atoms with Crippen LogP contribution >= 0.6 is 23.2 Å². The zero-order valence-corrected chi connectivity index (χ0v) is 16.7. The maximum absolute atomic E-state index is 12.7. The van der Waals surface area contributed by atoms with Crippen LogP contribution in [0.2, 0.25) is 10.0 Å². The molecule has 10 heteroatoms. The van der Waals surface area contributed by atoms with Gasteiger partial charge in [-0.15, -0.1) is 0 Å². The molecular formula is C16H17Cl2N5O2S. The van der Waals surface area contributed by atoms with Crippen LogP contribution in [0.5, 0.6) is 0 Å². The highest BCUT2D eigenvalue weighted by Crippen LogP contribution is 2.26. The Morgan fingerprint density at radius 2 is 1.81 bits per heavy atom. The summed E-state index contributed by atoms with van der Waals surface area (Å²) in [6, 6.07) is 7.34. The molecule has 0 atom stereocenters. The standard InChI is InChI=1S/C16H17Cl2N5O2S/c1-10-15(11(2)22(3)19-10)26(24,25)21-16-14(18)9-23(20-16)8-12-6-4-5-7-13(12)17/h4-7,9H,8H2,1-3H3,(H,20,21). The van der Waals surface area contributed by atoms with Gasteiger partial charge < -0.3 is 0 Å². The fraction of sp³-hybridized carbons (Fsp3) is 0.250. The van der Waals surface area contributed by atoms with Crippen molar-refractivity contribution in [1.82, 2.24) is 19.6 Å². The maximum Gasteiger partial charge on any atom is 0.266 e. The summed E-state index contributed by atoms with van der Waals surface area (Å²) in [5.74, 6) is 0.0568.